The van der Waals surface area contributed by atoms with E-state index in [-0.39, 0.29) is 0 Å². The largest absolute Gasteiger partial charge is 0.624 e. The van der Waals surface area contributed by atoms with Crippen LogP contribution in [0.2, 0.25) is 0 Å². The first-order chi connectivity index (χ1) is 7.84. The van der Waals surface area contributed by atoms with Crippen LogP contribution in [-0.2, 0) is 6.54 Å². The highest BCUT2D eigenvalue weighted by Crippen LogP contribution is 2.21. The first-order valence-corrected chi connectivity index (χ1v) is 6.17. The van der Waals surface area contributed by atoms with Crippen molar-refractivity contribution in [2.45, 2.75) is 38.6 Å². The Morgan fingerprint density at radius 1 is 1.12 bits per heavy atom. The summed E-state index contributed by atoms with van der Waals surface area (Å²) < 4.78 is 1.10. The summed E-state index contributed by atoms with van der Waals surface area (Å²) in [5, 5.41) is 11.7. The Morgan fingerprint density at radius 2 is 1.81 bits per heavy atom. The van der Waals surface area contributed by atoms with Crippen LogP contribution < -0.4 is 0 Å². The second-order valence-electron chi connectivity index (χ2n) is 4.61. The summed E-state index contributed by atoms with van der Waals surface area (Å²) in [6, 6.07) is 9.93. The van der Waals surface area contributed by atoms with E-state index in [1.54, 1.807) is 0 Å². The molecule has 0 aliphatic heterocycles. The second-order valence-corrected chi connectivity index (χ2v) is 4.61. The van der Waals surface area contributed by atoms with Gasteiger partial charge in [0.2, 0.25) is 0 Å². The lowest BCUT2D eigenvalue weighted by molar-refractivity contribution is -0.472. The average molecular weight is 217 g/mol. The maximum atomic E-state index is 11.7. The quantitative estimate of drug-likeness (QED) is 0.330. The summed E-state index contributed by atoms with van der Waals surface area (Å²) in [4.78, 5) is 0. The third kappa shape index (κ3) is 3.37. The van der Waals surface area contributed by atoms with Gasteiger partial charge in [-0.05, 0) is 12.8 Å². The molecule has 2 rings (SSSR count). The average Bonchev–Trinajstić information content (AvgIpc) is 2.31. The smallest absolute Gasteiger partial charge is 0.178 e. The number of hydrogen-bond acceptors (Lipinski definition) is 1. The first kappa shape index (κ1) is 11.2. The summed E-state index contributed by atoms with van der Waals surface area (Å²) in [5.74, 6) is 0.509. The fourth-order valence-electron chi connectivity index (χ4n) is 2.33. The van der Waals surface area contributed by atoms with Crippen molar-refractivity contribution in [3.05, 3.63) is 41.1 Å². The zero-order chi connectivity index (χ0) is 11.2. The zero-order valence-electron chi connectivity index (χ0n) is 9.64. The molecule has 0 saturated heterocycles. The van der Waals surface area contributed by atoms with Crippen molar-refractivity contribution in [3.8, 4) is 0 Å². The van der Waals surface area contributed by atoms with Gasteiger partial charge in [-0.15, -0.1) is 0 Å². The summed E-state index contributed by atoms with van der Waals surface area (Å²) in [6.07, 6.45) is 8.15. The lowest BCUT2D eigenvalue weighted by Gasteiger charge is -2.17. The normalized spacial score (nSPS) is 18.6. The molecular weight excluding hydrogens is 198 g/mol. The highest BCUT2D eigenvalue weighted by Gasteiger charge is 2.14. The standard InChI is InChI=1S/C14H19NO/c16-15(11-13-7-3-1-4-8-13)12-14-9-5-2-6-10-14/h1,3-4,7-8,12,14H,2,5-6,9-11H2/b15-12+. The van der Waals surface area contributed by atoms with Crippen molar-refractivity contribution in [1.82, 2.24) is 0 Å². The lowest BCUT2D eigenvalue weighted by atomic mass is 9.90. The minimum Gasteiger partial charge on any atom is -0.624 e. The molecule has 0 spiro atoms. The van der Waals surface area contributed by atoms with E-state index >= 15 is 0 Å². The minimum atomic E-state index is 0.483. The van der Waals surface area contributed by atoms with Crippen LogP contribution in [0.1, 0.15) is 37.7 Å². The van der Waals surface area contributed by atoms with E-state index in [2.05, 4.69) is 0 Å². The molecule has 2 nitrogen and oxygen atoms in total. The molecular formula is C14H19NO. The summed E-state index contributed by atoms with van der Waals surface area (Å²) >= 11 is 0. The van der Waals surface area contributed by atoms with Crippen LogP contribution in [0.4, 0.5) is 0 Å². The Kier molecular flexibility index (Phi) is 3.97. The van der Waals surface area contributed by atoms with Gasteiger partial charge in [-0.1, -0.05) is 49.6 Å². The number of hydroxylamine groups is 1. The van der Waals surface area contributed by atoms with Crippen LogP contribution in [0, 0.1) is 11.1 Å². The maximum absolute atomic E-state index is 11.7. The number of nitrogens with zero attached hydrogens (tertiary/aromatic N) is 1. The van der Waals surface area contributed by atoms with Gasteiger partial charge in [0.15, 0.2) is 12.8 Å². The molecule has 86 valence electrons. The van der Waals surface area contributed by atoms with Crippen LogP contribution in [0.25, 0.3) is 0 Å². The first-order valence-electron chi connectivity index (χ1n) is 6.17. The van der Waals surface area contributed by atoms with E-state index < -0.39 is 0 Å². The van der Waals surface area contributed by atoms with Crippen LogP contribution in [0.5, 0.6) is 0 Å². The maximum Gasteiger partial charge on any atom is 0.178 e. The van der Waals surface area contributed by atoms with Crippen molar-refractivity contribution < 1.29 is 4.74 Å². The number of rotatable bonds is 3. The van der Waals surface area contributed by atoms with E-state index in [1.165, 1.54) is 32.1 Å². The summed E-state index contributed by atoms with van der Waals surface area (Å²) in [6.45, 7) is 0.483. The highest BCUT2D eigenvalue weighted by molar-refractivity contribution is 5.55. The molecule has 0 N–H and O–H groups in total. The second kappa shape index (κ2) is 5.69. The third-order valence-corrected chi connectivity index (χ3v) is 3.21. The molecule has 1 fully saturated rings. The van der Waals surface area contributed by atoms with Gasteiger partial charge in [-0.25, -0.2) is 4.74 Å². The van der Waals surface area contributed by atoms with Gasteiger partial charge in [0, 0.05) is 11.5 Å². The van der Waals surface area contributed by atoms with Crippen LogP contribution in [-0.4, -0.2) is 11.0 Å². The van der Waals surface area contributed by atoms with Gasteiger partial charge < -0.3 is 5.21 Å². The third-order valence-electron chi connectivity index (χ3n) is 3.21. The Balaban J connectivity index is 1.91. The summed E-state index contributed by atoms with van der Waals surface area (Å²) in [7, 11) is 0. The van der Waals surface area contributed by atoms with Crippen molar-refractivity contribution in [3.63, 3.8) is 0 Å². The lowest BCUT2D eigenvalue weighted by Crippen LogP contribution is -2.15. The Bertz CT molecular complexity index is 339. The highest BCUT2D eigenvalue weighted by atomic mass is 16.5. The molecule has 1 aliphatic carbocycles. The van der Waals surface area contributed by atoms with Gasteiger partial charge >= 0.3 is 0 Å². The van der Waals surface area contributed by atoms with Gasteiger partial charge in [0.25, 0.3) is 0 Å². The molecule has 0 unspecified atom stereocenters. The fraction of sp³-hybridized carbons (Fsp3) is 0.500. The van der Waals surface area contributed by atoms with Crippen molar-refractivity contribution in [1.29, 1.82) is 0 Å². The minimum absolute atomic E-state index is 0.483. The van der Waals surface area contributed by atoms with E-state index in [0.29, 0.717) is 12.5 Å². The molecule has 1 aromatic rings. The number of benzene rings is 1. The van der Waals surface area contributed by atoms with Crippen LogP contribution >= 0.6 is 0 Å². The van der Waals surface area contributed by atoms with Crippen molar-refractivity contribution in [2.75, 3.05) is 0 Å². The molecule has 0 amide bonds. The zero-order valence-corrected chi connectivity index (χ0v) is 9.64. The monoisotopic (exact) mass is 217 g/mol. The molecule has 0 aromatic heterocycles. The van der Waals surface area contributed by atoms with E-state index in [9.17, 15) is 5.21 Å². The van der Waals surface area contributed by atoms with Crippen molar-refractivity contribution in [2.24, 2.45) is 5.92 Å². The summed E-state index contributed by atoms with van der Waals surface area (Å²) in [5.41, 5.74) is 1.09. The van der Waals surface area contributed by atoms with E-state index in [0.717, 1.165) is 10.3 Å². The SMILES string of the molecule is [O-]/[N+](=C/C1CCCCC1)Cc1ccccc1. The van der Waals surface area contributed by atoms with Gasteiger partial charge in [0.1, 0.15) is 0 Å². The van der Waals surface area contributed by atoms with Gasteiger partial charge in [-0.2, -0.15) is 0 Å². The predicted molar refractivity (Wildman–Crippen MR) is 66.4 cm³/mol. The molecule has 0 heterocycles. The van der Waals surface area contributed by atoms with E-state index in [1.807, 2.05) is 36.5 Å². The molecule has 0 bridgehead atoms. The molecule has 1 aliphatic rings. The van der Waals surface area contributed by atoms with Crippen molar-refractivity contribution >= 4 is 6.21 Å². The number of hydrogen-bond donors (Lipinski definition) is 0. The Labute approximate surface area is 97.2 Å². The molecule has 0 atom stereocenters. The van der Waals surface area contributed by atoms with Crippen LogP contribution in [0.15, 0.2) is 30.3 Å². The van der Waals surface area contributed by atoms with Gasteiger partial charge in [-0.3, -0.25) is 0 Å². The van der Waals surface area contributed by atoms with E-state index in [4.69, 9.17) is 0 Å². The van der Waals surface area contributed by atoms with Crippen LogP contribution in [0.3, 0.4) is 0 Å². The molecule has 2 heteroatoms. The Morgan fingerprint density at radius 3 is 2.50 bits per heavy atom. The molecule has 0 radical (unpaired) electrons. The fourth-order valence-corrected chi connectivity index (χ4v) is 2.33. The molecule has 1 aromatic carbocycles. The van der Waals surface area contributed by atoms with Gasteiger partial charge in [0.05, 0.1) is 0 Å². The Hall–Kier alpha value is -1.31. The topological polar surface area (TPSA) is 26.1 Å². The predicted octanol–water partition coefficient (Wildman–Crippen LogP) is 3.35. The molecule has 1 saturated carbocycles. The molecule has 16 heavy (non-hydrogen) atoms.